The molecule has 0 fully saturated rings. The molecule has 9 rings (SSSR count). The van der Waals surface area contributed by atoms with Gasteiger partial charge in [-0.2, -0.15) is 36.9 Å². The van der Waals surface area contributed by atoms with Gasteiger partial charge in [0.15, 0.2) is 0 Å². The molecule has 6 nitrogen and oxygen atoms in total. The molecular weight excluding hydrogens is 779 g/mol. The van der Waals surface area contributed by atoms with Crippen LogP contribution in [0.4, 0.5) is 26.3 Å². The van der Waals surface area contributed by atoms with Gasteiger partial charge in [0.1, 0.15) is 11.5 Å². The topological polar surface area (TPSA) is 75.9 Å². The number of halogens is 6. The van der Waals surface area contributed by atoms with Gasteiger partial charge >= 0.3 is 12.4 Å². The van der Waals surface area contributed by atoms with Crippen molar-refractivity contribution in [1.82, 2.24) is 9.13 Å². The maximum Gasteiger partial charge on any atom is 0.416 e. The standard InChI is InChI=1S/C48H28F6N4O2/c1-59-34-11-13-36-37-14-12-35(60-2)24-44(37)57(43(36)23-34)33-21-38(29-7-3-5-27(17-29)25-55)46(30-8-4-6-28(18-30)26-56)45(22-33)58-41-15-9-31(47(49,50)51)19-39(41)40-20-32(48(52,53)54)10-16-42(40)58/h3-24H,1-2H3. The summed E-state index contributed by atoms with van der Waals surface area (Å²) in [4.78, 5) is 0. The highest BCUT2D eigenvalue weighted by Gasteiger charge is 2.34. The second-order valence-electron chi connectivity index (χ2n) is 14.2. The summed E-state index contributed by atoms with van der Waals surface area (Å²) in [5, 5.41) is 21.7. The van der Waals surface area contributed by atoms with Gasteiger partial charge < -0.3 is 18.6 Å². The smallest absolute Gasteiger partial charge is 0.416 e. The van der Waals surface area contributed by atoms with Crippen LogP contribution in [0.2, 0.25) is 0 Å². The second kappa shape index (κ2) is 14.0. The van der Waals surface area contributed by atoms with Gasteiger partial charge in [0.2, 0.25) is 0 Å². The summed E-state index contributed by atoms with van der Waals surface area (Å²) in [6, 6.07) is 39.2. The van der Waals surface area contributed by atoms with Crippen molar-refractivity contribution in [2.24, 2.45) is 0 Å². The van der Waals surface area contributed by atoms with E-state index in [0.717, 1.165) is 46.1 Å². The monoisotopic (exact) mass is 806 g/mol. The quantitative estimate of drug-likeness (QED) is 0.157. The number of hydrogen-bond donors (Lipinski definition) is 0. The van der Waals surface area contributed by atoms with Crippen LogP contribution in [-0.4, -0.2) is 23.4 Å². The largest absolute Gasteiger partial charge is 0.497 e. The fraction of sp³-hybridized carbons (Fsp3) is 0.0833. The van der Waals surface area contributed by atoms with E-state index >= 15 is 0 Å². The Kier molecular flexibility index (Phi) is 8.83. The molecule has 0 N–H and O–H groups in total. The molecule has 294 valence electrons. The van der Waals surface area contributed by atoms with E-state index < -0.39 is 23.5 Å². The normalized spacial score (nSPS) is 12.0. The van der Waals surface area contributed by atoms with Gasteiger partial charge in [0, 0.05) is 44.9 Å². The Morgan fingerprint density at radius 3 is 1.47 bits per heavy atom. The van der Waals surface area contributed by atoms with E-state index in [0.29, 0.717) is 56.3 Å². The first-order valence-corrected chi connectivity index (χ1v) is 18.4. The van der Waals surface area contributed by atoms with Crippen molar-refractivity contribution in [3.8, 4) is 57.3 Å². The lowest BCUT2D eigenvalue weighted by Crippen LogP contribution is -2.06. The number of nitrogens with zero attached hydrogens (tertiary/aromatic N) is 4. The number of fused-ring (bicyclic) bond motifs is 6. The van der Waals surface area contributed by atoms with Crippen LogP contribution in [0.15, 0.2) is 133 Å². The van der Waals surface area contributed by atoms with Crippen LogP contribution < -0.4 is 9.47 Å². The van der Waals surface area contributed by atoms with E-state index in [1.165, 1.54) is 12.1 Å². The number of nitriles is 2. The van der Waals surface area contributed by atoms with E-state index in [9.17, 15) is 36.9 Å². The van der Waals surface area contributed by atoms with Crippen molar-refractivity contribution in [3.63, 3.8) is 0 Å². The van der Waals surface area contributed by atoms with E-state index in [2.05, 4.69) is 12.1 Å². The predicted octanol–water partition coefficient (Wildman–Crippen LogP) is 13.0. The molecule has 12 heteroatoms. The van der Waals surface area contributed by atoms with Crippen molar-refractivity contribution in [1.29, 1.82) is 10.5 Å². The Labute approximate surface area is 337 Å². The molecule has 2 aromatic heterocycles. The maximum atomic E-state index is 14.3. The highest BCUT2D eigenvalue weighted by molar-refractivity contribution is 6.12. The van der Waals surface area contributed by atoms with Crippen LogP contribution in [0.3, 0.4) is 0 Å². The van der Waals surface area contributed by atoms with Gasteiger partial charge in [-0.05, 0) is 114 Å². The Morgan fingerprint density at radius 2 is 0.983 bits per heavy atom. The molecule has 0 atom stereocenters. The lowest BCUT2D eigenvalue weighted by molar-refractivity contribution is -0.138. The van der Waals surface area contributed by atoms with Crippen LogP contribution in [-0.2, 0) is 12.4 Å². The number of aromatic nitrogens is 2. The van der Waals surface area contributed by atoms with Gasteiger partial charge in [-0.25, -0.2) is 0 Å². The zero-order chi connectivity index (χ0) is 42.1. The molecule has 60 heavy (non-hydrogen) atoms. The summed E-state index contributed by atoms with van der Waals surface area (Å²) >= 11 is 0. The molecule has 0 aliphatic heterocycles. The summed E-state index contributed by atoms with van der Waals surface area (Å²) < 4.78 is 101. The Balaban J connectivity index is 1.52. The zero-order valence-corrected chi connectivity index (χ0v) is 31.6. The molecule has 7 aromatic carbocycles. The zero-order valence-electron chi connectivity index (χ0n) is 31.6. The molecule has 9 aromatic rings. The molecular formula is C48H28F6N4O2. The van der Waals surface area contributed by atoms with Crippen LogP contribution in [0.5, 0.6) is 11.5 Å². The molecule has 0 saturated carbocycles. The molecule has 0 unspecified atom stereocenters. The second-order valence-corrected chi connectivity index (χ2v) is 14.2. The predicted molar refractivity (Wildman–Crippen MR) is 219 cm³/mol. The van der Waals surface area contributed by atoms with Gasteiger partial charge in [0.05, 0.1) is 76.4 Å². The SMILES string of the molecule is COc1ccc2c3ccc(OC)cc3n(-c3cc(-c4cccc(C#N)c4)c(-c4cccc(C#N)c4)c(-n4c5ccc(C(F)(F)F)cc5c5cc(C(F)(F)F)ccc54)c3)c2c1. The first-order chi connectivity index (χ1) is 28.8. The summed E-state index contributed by atoms with van der Waals surface area (Å²) in [6.07, 6.45) is -9.57. The molecule has 0 bridgehead atoms. The summed E-state index contributed by atoms with van der Waals surface area (Å²) in [5.41, 5.74) is 3.59. The minimum atomic E-state index is -4.79. The van der Waals surface area contributed by atoms with Crippen LogP contribution in [0.1, 0.15) is 22.3 Å². The fourth-order valence-corrected chi connectivity index (χ4v) is 8.09. The number of alkyl halides is 6. The molecule has 0 aliphatic rings. The highest BCUT2D eigenvalue weighted by Crippen LogP contribution is 2.46. The number of benzene rings is 7. The fourth-order valence-electron chi connectivity index (χ4n) is 8.09. The number of ether oxygens (including phenoxy) is 2. The van der Waals surface area contributed by atoms with Crippen molar-refractivity contribution in [2.75, 3.05) is 14.2 Å². The van der Waals surface area contributed by atoms with Crippen LogP contribution >= 0.6 is 0 Å². The Bertz CT molecular complexity index is 3180. The van der Waals surface area contributed by atoms with Gasteiger partial charge in [0.25, 0.3) is 0 Å². The summed E-state index contributed by atoms with van der Waals surface area (Å²) in [5.74, 6) is 1.13. The van der Waals surface area contributed by atoms with E-state index in [1.807, 2.05) is 59.2 Å². The Hall–Kier alpha value is -7.70. The third-order valence-electron chi connectivity index (χ3n) is 10.8. The lowest BCUT2D eigenvalue weighted by Gasteiger charge is -2.22. The van der Waals surface area contributed by atoms with Crippen molar-refractivity contribution in [2.45, 2.75) is 12.4 Å². The van der Waals surface area contributed by atoms with Crippen molar-refractivity contribution < 1.29 is 35.8 Å². The third kappa shape index (κ3) is 6.21. The average molecular weight is 807 g/mol. The lowest BCUT2D eigenvalue weighted by atomic mass is 9.90. The van der Waals surface area contributed by atoms with E-state index in [1.54, 1.807) is 61.3 Å². The summed E-state index contributed by atoms with van der Waals surface area (Å²) in [7, 11) is 3.10. The van der Waals surface area contributed by atoms with E-state index in [4.69, 9.17) is 9.47 Å². The Morgan fingerprint density at radius 1 is 0.483 bits per heavy atom. The van der Waals surface area contributed by atoms with Gasteiger partial charge in [-0.3, -0.25) is 0 Å². The molecule has 0 amide bonds. The minimum absolute atomic E-state index is 0.0487. The maximum absolute atomic E-state index is 14.3. The third-order valence-corrected chi connectivity index (χ3v) is 10.8. The first-order valence-electron chi connectivity index (χ1n) is 18.4. The highest BCUT2D eigenvalue weighted by atomic mass is 19.4. The first kappa shape index (κ1) is 37.9. The van der Waals surface area contributed by atoms with Gasteiger partial charge in [-0.15, -0.1) is 0 Å². The number of methoxy groups -OCH3 is 2. The molecule has 0 spiro atoms. The van der Waals surface area contributed by atoms with Gasteiger partial charge in [-0.1, -0.05) is 24.3 Å². The summed E-state index contributed by atoms with van der Waals surface area (Å²) in [6.45, 7) is 0. The van der Waals surface area contributed by atoms with Crippen molar-refractivity contribution >= 4 is 43.6 Å². The molecule has 0 radical (unpaired) electrons. The van der Waals surface area contributed by atoms with Crippen LogP contribution in [0.25, 0.3) is 77.2 Å². The van der Waals surface area contributed by atoms with Crippen LogP contribution in [0, 0.1) is 22.7 Å². The number of hydrogen-bond acceptors (Lipinski definition) is 4. The van der Waals surface area contributed by atoms with E-state index in [-0.39, 0.29) is 21.8 Å². The molecule has 0 aliphatic carbocycles. The van der Waals surface area contributed by atoms with Crippen molar-refractivity contribution in [3.05, 3.63) is 156 Å². The molecule has 2 heterocycles. The number of rotatable bonds is 6. The minimum Gasteiger partial charge on any atom is -0.497 e. The average Bonchev–Trinajstić information content (AvgIpc) is 3.76. The molecule has 0 saturated heterocycles.